The predicted octanol–water partition coefficient (Wildman–Crippen LogP) is 5.02. The molecule has 4 saturated carbocycles. The highest BCUT2D eigenvalue weighted by molar-refractivity contribution is 5.85. The van der Waals surface area contributed by atoms with E-state index in [4.69, 9.17) is 0 Å². The second-order valence-electron chi connectivity index (χ2n) is 8.25. The van der Waals surface area contributed by atoms with Crippen molar-refractivity contribution >= 4 is 12.4 Å². The van der Waals surface area contributed by atoms with Gasteiger partial charge in [-0.2, -0.15) is 0 Å². The summed E-state index contributed by atoms with van der Waals surface area (Å²) in [5, 5.41) is 3.51. The maximum atomic E-state index is 3.51. The summed E-state index contributed by atoms with van der Waals surface area (Å²) in [5.74, 6) is 3.85. The average molecular weight is 320 g/mol. The van der Waals surface area contributed by atoms with Crippen LogP contribution in [0.5, 0.6) is 0 Å². The second-order valence-corrected chi connectivity index (χ2v) is 8.25. The van der Waals surface area contributed by atoms with Crippen LogP contribution in [-0.2, 0) is 0 Å². The minimum atomic E-state index is 0. The Kier molecular flexibility index (Phi) is 4.58. The molecule has 5 rings (SSSR count). The monoisotopic (exact) mass is 319 g/mol. The molecular formula is C20H30ClN. The van der Waals surface area contributed by atoms with Crippen LogP contribution in [0.25, 0.3) is 0 Å². The molecule has 0 amide bonds. The fourth-order valence-corrected chi connectivity index (χ4v) is 6.50. The molecule has 1 aromatic rings. The van der Waals surface area contributed by atoms with Crippen LogP contribution >= 0.6 is 12.4 Å². The molecule has 4 aliphatic rings. The Morgan fingerprint density at radius 3 is 2.32 bits per heavy atom. The zero-order valence-corrected chi connectivity index (χ0v) is 14.7. The number of rotatable bonds is 4. The summed E-state index contributed by atoms with van der Waals surface area (Å²) >= 11 is 0. The summed E-state index contributed by atoms with van der Waals surface area (Å²) in [6.45, 7) is 2.38. The summed E-state index contributed by atoms with van der Waals surface area (Å²) in [6, 6.07) is 12.1. The highest BCUT2D eigenvalue weighted by Crippen LogP contribution is 2.67. The maximum absolute atomic E-state index is 3.51. The molecule has 4 unspecified atom stereocenters. The number of hydrogen-bond donors (Lipinski definition) is 1. The molecule has 2 heteroatoms. The van der Waals surface area contributed by atoms with Gasteiger partial charge in [0.25, 0.3) is 0 Å². The molecule has 0 aromatic heterocycles. The van der Waals surface area contributed by atoms with Crippen LogP contribution in [0.15, 0.2) is 30.3 Å². The summed E-state index contributed by atoms with van der Waals surface area (Å²) < 4.78 is 0. The molecular weight excluding hydrogens is 290 g/mol. The van der Waals surface area contributed by atoms with Gasteiger partial charge in [0.2, 0.25) is 0 Å². The van der Waals surface area contributed by atoms with Gasteiger partial charge in [-0.15, -0.1) is 12.4 Å². The minimum absolute atomic E-state index is 0. The first-order chi connectivity index (χ1) is 10.2. The van der Waals surface area contributed by atoms with Gasteiger partial charge in [0.05, 0.1) is 0 Å². The van der Waals surface area contributed by atoms with E-state index in [1.165, 1.54) is 38.5 Å². The van der Waals surface area contributed by atoms with E-state index in [0.717, 1.165) is 23.7 Å². The number of nitrogens with one attached hydrogen (secondary N) is 1. The molecule has 4 fully saturated rings. The molecule has 0 spiro atoms. The van der Waals surface area contributed by atoms with Crippen molar-refractivity contribution in [1.29, 1.82) is 0 Å². The van der Waals surface area contributed by atoms with Crippen molar-refractivity contribution in [3.8, 4) is 0 Å². The highest BCUT2D eigenvalue weighted by atomic mass is 35.5. The highest BCUT2D eigenvalue weighted by Gasteiger charge is 2.57. The van der Waals surface area contributed by atoms with Crippen LogP contribution in [0.4, 0.5) is 0 Å². The van der Waals surface area contributed by atoms with Gasteiger partial charge in [-0.25, -0.2) is 0 Å². The zero-order chi connectivity index (χ0) is 14.4. The quantitative estimate of drug-likeness (QED) is 0.822. The molecule has 1 N–H and O–H groups in total. The fraction of sp³-hybridized carbons (Fsp3) is 0.700. The molecule has 0 heterocycles. The lowest BCUT2D eigenvalue weighted by atomic mass is 9.43. The number of hydrogen-bond acceptors (Lipinski definition) is 1. The third-order valence-corrected chi connectivity index (χ3v) is 6.82. The molecule has 122 valence electrons. The first-order valence-corrected chi connectivity index (χ1v) is 8.92. The first-order valence-electron chi connectivity index (χ1n) is 8.92. The molecule has 4 aliphatic carbocycles. The average Bonchev–Trinajstić information content (AvgIpc) is 2.46. The van der Waals surface area contributed by atoms with Crippen LogP contribution in [0.2, 0.25) is 0 Å². The van der Waals surface area contributed by atoms with E-state index in [1.807, 2.05) is 0 Å². The Morgan fingerprint density at radius 1 is 1.09 bits per heavy atom. The molecule has 1 aromatic carbocycles. The number of halogens is 1. The lowest BCUT2D eigenvalue weighted by Crippen LogP contribution is -2.53. The molecule has 4 atom stereocenters. The van der Waals surface area contributed by atoms with Gasteiger partial charge in [-0.05, 0) is 87.1 Å². The number of benzene rings is 1. The van der Waals surface area contributed by atoms with E-state index in [9.17, 15) is 0 Å². The summed E-state index contributed by atoms with van der Waals surface area (Å²) in [7, 11) is 2.13. The largest absolute Gasteiger partial charge is 0.317 e. The predicted molar refractivity (Wildman–Crippen MR) is 95.6 cm³/mol. The van der Waals surface area contributed by atoms with Gasteiger partial charge in [-0.3, -0.25) is 0 Å². The zero-order valence-electron chi connectivity index (χ0n) is 13.9. The molecule has 1 nitrogen and oxygen atoms in total. The van der Waals surface area contributed by atoms with Crippen molar-refractivity contribution in [2.45, 2.75) is 57.4 Å². The maximum Gasteiger partial charge on any atom is 0.00412 e. The smallest absolute Gasteiger partial charge is 0.00412 e. The van der Waals surface area contributed by atoms with Crippen LogP contribution in [0, 0.1) is 23.2 Å². The van der Waals surface area contributed by atoms with E-state index in [-0.39, 0.29) is 12.4 Å². The third-order valence-electron chi connectivity index (χ3n) is 6.82. The third kappa shape index (κ3) is 2.61. The van der Waals surface area contributed by atoms with Crippen molar-refractivity contribution < 1.29 is 0 Å². The Balaban J connectivity index is 0.00000144. The van der Waals surface area contributed by atoms with Crippen molar-refractivity contribution in [2.24, 2.45) is 23.2 Å². The van der Waals surface area contributed by atoms with Crippen molar-refractivity contribution in [2.75, 3.05) is 7.05 Å². The Hall–Kier alpha value is -0.530. The summed E-state index contributed by atoms with van der Waals surface area (Å²) in [5.41, 5.74) is 2.21. The van der Waals surface area contributed by atoms with Gasteiger partial charge in [0.15, 0.2) is 0 Å². The summed E-state index contributed by atoms with van der Waals surface area (Å²) in [4.78, 5) is 0. The van der Waals surface area contributed by atoms with E-state index < -0.39 is 0 Å². The summed E-state index contributed by atoms with van der Waals surface area (Å²) in [6.07, 6.45) is 8.90. The van der Waals surface area contributed by atoms with Crippen molar-refractivity contribution in [3.05, 3.63) is 35.9 Å². The lowest BCUT2D eigenvalue weighted by molar-refractivity contribution is -0.0835. The van der Waals surface area contributed by atoms with E-state index in [0.29, 0.717) is 11.5 Å². The first kappa shape index (κ1) is 16.3. The van der Waals surface area contributed by atoms with Gasteiger partial charge in [-0.1, -0.05) is 30.3 Å². The lowest BCUT2D eigenvalue weighted by Gasteiger charge is -2.62. The molecule has 0 saturated heterocycles. The normalized spacial score (nSPS) is 40.3. The Morgan fingerprint density at radius 2 is 1.73 bits per heavy atom. The van der Waals surface area contributed by atoms with Gasteiger partial charge in [0.1, 0.15) is 0 Å². The minimum Gasteiger partial charge on any atom is -0.317 e. The van der Waals surface area contributed by atoms with E-state index in [2.05, 4.69) is 49.6 Å². The van der Waals surface area contributed by atoms with Crippen molar-refractivity contribution in [1.82, 2.24) is 5.32 Å². The Labute approximate surface area is 141 Å². The van der Waals surface area contributed by atoms with Gasteiger partial charge in [0, 0.05) is 6.04 Å². The van der Waals surface area contributed by atoms with Gasteiger partial charge >= 0.3 is 0 Å². The van der Waals surface area contributed by atoms with Crippen LogP contribution in [-0.4, -0.2) is 13.1 Å². The van der Waals surface area contributed by atoms with Crippen LogP contribution in [0.3, 0.4) is 0 Å². The van der Waals surface area contributed by atoms with Crippen LogP contribution in [0.1, 0.15) is 56.9 Å². The van der Waals surface area contributed by atoms with E-state index >= 15 is 0 Å². The van der Waals surface area contributed by atoms with Gasteiger partial charge < -0.3 is 5.32 Å². The topological polar surface area (TPSA) is 12.0 Å². The SMILES string of the molecule is CNC(C)CC12CC3CC(CC(C3)C1c1ccccc1)C2.Cl. The second kappa shape index (κ2) is 6.17. The Bertz CT molecular complexity index is 486. The van der Waals surface area contributed by atoms with E-state index in [1.54, 1.807) is 5.56 Å². The van der Waals surface area contributed by atoms with Crippen molar-refractivity contribution in [3.63, 3.8) is 0 Å². The molecule has 0 aliphatic heterocycles. The molecule has 22 heavy (non-hydrogen) atoms. The molecule has 0 radical (unpaired) electrons. The molecule has 4 bridgehead atoms. The fourth-order valence-electron chi connectivity index (χ4n) is 6.50. The standard InChI is InChI=1S/C20H29N.ClH/c1-14(21-2)11-20-12-15-8-16(13-20)10-18(9-15)19(20)17-6-4-3-5-7-17;/h3-7,14-16,18-19,21H,8-13H2,1-2H3;1H. The van der Waals surface area contributed by atoms with Crippen LogP contribution < -0.4 is 5.32 Å².